The van der Waals surface area contributed by atoms with Crippen LogP contribution in [-0.4, -0.2) is 65.3 Å². The van der Waals surface area contributed by atoms with Crippen LogP contribution >= 0.6 is 0 Å². The van der Waals surface area contributed by atoms with Crippen molar-refractivity contribution in [3.8, 4) is 17.1 Å². The van der Waals surface area contributed by atoms with Gasteiger partial charge in [0.05, 0.1) is 25.4 Å². The van der Waals surface area contributed by atoms with E-state index in [0.717, 1.165) is 30.4 Å². The Kier molecular flexibility index (Phi) is 9.65. The highest BCUT2D eigenvalue weighted by Gasteiger charge is 2.29. The summed E-state index contributed by atoms with van der Waals surface area (Å²) in [6.45, 7) is 8.58. The molecule has 0 radical (unpaired) electrons. The SMILES string of the molecule is C.Cc1nc(-c2cc3c(c(N(CC(=O)NCCCC(C)C)CC(=O)N(C)N4Cc5ccccc5C4)c2)OCC3)no1. The van der Waals surface area contributed by atoms with Gasteiger partial charge in [0.1, 0.15) is 5.75 Å². The maximum atomic E-state index is 13.7. The van der Waals surface area contributed by atoms with Gasteiger partial charge in [-0.3, -0.25) is 14.6 Å². The summed E-state index contributed by atoms with van der Waals surface area (Å²) in [6, 6.07) is 12.1. The van der Waals surface area contributed by atoms with Gasteiger partial charge < -0.3 is 19.5 Å². The van der Waals surface area contributed by atoms with E-state index < -0.39 is 0 Å². The fraction of sp³-hybridized carbons (Fsp3) is 0.484. The van der Waals surface area contributed by atoms with E-state index in [1.807, 2.05) is 29.3 Å². The van der Waals surface area contributed by atoms with E-state index in [1.165, 1.54) is 11.1 Å². The van der Waals surface area contributed by atoms with Crippen molar-refractivity contribution in [2.45, 2.75) is 60.5 Å². The van der Waals surface area contributed by atoms with Gasteiger partial charge >= 0.3 is 0 Å². The number of likely N-dealkylation sites (N-methyl/N-ethyl adjacent to an activating group) is 1. The van der Waals surface area contributed by atoms with E-state index in [4.69, 9.17) is 9.26 Å². The number of nitrogens with zero attached hydrogens (tertiary/aromatic N) is 5. The number of aryl methyl sites for hydroxylation is 1. The van der Waals surface area contributed by atoms with E-state index in [9.17, 15) is 9.59 Å². The first kappa shape index (κ1) is 30.0. The molecule has 2 aliphatic heterocycles. The molecule has 0 unspecified atom stereocenters. The molecule has 1 N–H and O–H groups in total. The fourth-order valence-corrected chi connectivity index (χ4v) is 5.21. The summed E-state index contributed by atoms with van der Waals surface area (Å²) in [6.07, 6.45) is 2.67. The van der Waals surface area contributed by atoms with Crippen LogP contribution in [0.15, 0.2) is 40.9 Å². The summed E-state index contributed by atoms with van der Waals surface area (Å²) in [5.74, 6) is 1.95. The summed E-state index contributed by atoms with van der Waals surface area (Å²) in [5, 5.41) is 10.8. The minimum atomic E-state index is -0.139. The molecule has 3 heterocycles. The largest absolute Gasteiger partial charge is 0.491 e. The number of benzene rings is 2. The number of hydrogen-bond donors (Lipinski definition) is 1. The van der Waals surface area contributed by atoms with Crippen LogP contribution in [0, 0.1) is 12.8 Å². The lowest BCUT2D eigenvalue weighted by Gasteiger charge is -2.32. The van der Waals surface area contributed by atoms with Crippen LogP contribution < -0.4 is 15.0 Å². The van der Waals surface area contributed by atoms with Gasteiger partial charge in [-0.2, -0.15) is 4.98 Å². The summed E-state index contributed by atoms with van der Waals surface area (Å²) in [5.41, 5.74) is 4.86. The number of hydrogen-bond acceptors (Lipinski definition) is 8. The molecule has 0 atom stereocenters. The minimum absolute atomic E-state index is 0. The monoisotopic (exact) mass is 562 g/mol. The van der Waals surface area contributed by atoms with Crippen LogP contribution in [0.1, 0.15) is 56.7 Å². The molecule has 0 aliphatic carbocycles. The molecule has 0 saturated heterocycles. The van der Waals surface area contributed by atoms with Gasteiger partial charge in [0.15, 0.2) is 0 Å². The Morgan fingerprint density at radius 3 is 2.49 bits per heavy atom. The molecular formula is C31H42N6O4. The van der Waals surface area contributed by atoms with Crippen molar-refractivity contribution < 1.29 is 18.8 Å². The predicted molar refractivity (Wildman–Crippen MR) is 158 cm³/mol. The molecule has 10 heteroatoms. The fourth-order valence-electron chi connectivity index (χ4n) is 5.21. The van der Waals surface area contributed by atoms with Crippen molar-refractivity contribution in [1.82, 2.24) is 25.5 Å². The van der Waals surface area contributed by atoms with Crippen LogP contribution in [0.2, 0.25) is 0 Å². The Hall–Kier alpha value is -3.92. The average molecular weight is 563 g/mol. The number of rotatable bonds is 11. The lowest BCUT2D eigenvalue weighted by molar-refractivity contribution is -0.145. The Balaban J connectivity index is 0.00000387. The quantitative estimate of drug-likeness (QED) is 0.344. The lowest BCUT2D eigenvalue weighted by Crippen LogP contribution is -2.48. The second kappa shape index (κ2) is 13.2. The first-order valence-electron chi connectivity index (χ1n) is 14.0. The van der Waals surface area contributed by atoms with Crippen molar-refractivity contribution in [2.24, 2.45) is 5.92 Å². The van der Waals surface area contributed by atoms with Gasteiger partial charge in [-0.05, 0) is 42.0 Å². The van der Waals surface area contributed by atoms with Crippen LogP contribution in [-0.2, 0) is 29.1 Å². The topological polar surface area (TPSA) is 104 Å². The molecule has 0 spiro atoms. The highest BCUT2D eigenvalue weighted by atomic mass is 16.5. The van der Waals surface area contributed by atoms with E-state index in [0.29, 0.717) is 55.3 Å². The van der Waals surface area contributed by atoms with E-state index in [1.54, 1.807) is 23.9 Å². The van der Waals surface area contributed by atoms with Crippen molar-refractivity contribution in [1.29, 1.82) is 0 Å². The Bertz CT molecular complexity index is 1350. The first-order chi connectivity index (χ1) is 19.3. The van der Waals surface area contributed by atoms with Crippen molar-refractivity contribution in [2.75, 3.05) is 38.2 Å². The molecule has 10 nitrogen and oxygen atoms in total. The van der Waals surface area contributed by atoms with Crippen molar-refractivity contribution in [3.05, 3.63) is 59.0 Å². The number of aromatic nitrogens is 2. The molecular weight excluding hydrogens is 520 g/mol. The summed E-state index contributed by atoms with van der Waals surface area (Å²) in [4.78, 5) is 33.0. The predicted octanol–water partition coefficient (Wildman–Crippen LogP) is 4.36. The van der Waals surface area contributed by atoms with Crippen LogP contribution in [0.3, 0.4) is 0 Å². The molecule has 3 aromatic rings. The van der Waals surface area contributed by atoms with Gasteiger partial charge in [-0.1, -0.05) is 50.7 Å². The first-order valence-corrected chi connectivity index (χ1v) is 14.0. The molecule has 0 bridgehead atoms. The molecule has 2 amide bonds. The van der Waals surface area contributed by atoms with Gasteiger partial charge in [0.2, 0.25) is 17.6 Å². The zero-order valence-corrected chi connectivity index (χ0v) is 23.8. The second-order valence-electron chi connectivity index (χ2n) is 11.0. The number of hydrazine groups is 1. The molecule has 220 valence electrons. The van der Waals surface area contributed by atoms with E-state index in [-0.39, 0.29) is 32.3 Å². The zero-order valence-electron chi connectivity index (χ0n) is 23.8. The number of amides is 2. The average Bonchev–Trinajstić information content (AvgIpc) is 3.68. The number of carbonyl (C=O) groups excluding carboxylic acids is 2. The van der Waals surface area contributed by atoms with Gasteiger partial charge in [0, 0.05) is 51.2 Å². The third kappa shape index (κ3) is 7.05. The van der Waals surface area contributed by atoms with Crippen LogP contribution in [0.4, 0.5) is 5.69 Å². The summed E-state index contributed by atoms with van der Waals surface area (Å²) >= 11 is 0. The summed E-state index contributed by atoms with van der Waals surface area (Å²) in [7, 11) is 1.79. The van der Waals surface area contributed by atoms with Crippen molar-refractivity contribution in [3.63, 3.8) is 0 Å². The molecule has 41 heavy (non-hydrogen) atoms. The number of carbonyl (C=O) groups is 2. The maximum absolute atomic E-state index is 13.7. The molecule has 1 aromatic heterocycles. The van der Waals surface area contributed by atoms with Crippen LogP contribution in [0.25, 0.3) is 11.4 Å². The molecule has 5 rings (SSSR count). The van der Waals surface area contributed by atoms with Gasteiger partial charge in [-0.25, -0.2) is 5.01 Å². The number of nitrogens with one attached hydrogen (secondary N) is 1. The highest BCUT2D eigenvalue weighted by Crippen LogP contribution is 2.40. The molecule has 0 saturated carbocycles. The van der Waals surface area contributed by atoms with Gasteiger partial charge in [-0.15, -0.1) is 0 Å². The Labute approximate surface area is 242 Å². The second-order valence-corrected chi connectivity index (χ2v) is 11.0. The zero-order chi connectivity index (χ0) is 28.2. The van der Waals surface area contributed by atoms with E-state index in [2.05, 4.69) is 41.4 Å². The van der Waals surface area contributed by atoms with Crippen LogP contribution in [0.5, 0.6) is 5.75 Å². The number of fused-ring (bicyclic) bond motifs is 2. The normalized spacial score (nSPS) is 13.8. The Morgan fingerprint density at radius 1 is 1.10 bits per heavy atom. The maximum Gasteiger partial charge on any atom is 0.256 e. The van der Waals surface area contributed by atoms with E-state index >= 15 is 0 Å². The highest BCUT2D eigenvalue weighted by molar-refractivity contribution is 5.88. The Morgan fingerprint density at radius 2 is 1.83 bits per heavy atom. The lowest BCUT2D eigenvalue weighted by atomic mass is 10.1. The van der Waals surface area contributed by atoms with Crippen molar-refractivity contribution >= 4 is 17.5 Å². The smallest absolute Gasteiger partial charge is 0.256 e. The molecule has 2 aliphatic rings. The van der Waals surface area contributed by atoms with Gasteiger partial charge in [0.25, 0.3) is 5.91 Å². The molecule has 2 aromatic carbocycles. The summed E-state index contributed by atoms with van der Waals surface area (Å²) < 4.78 is 11.2. The third-order valence-electron chi connectivity index (χ3n) is 7.44. The molecule has 0 fully saturated rings. The third-order valence-corrected chi connectivity index (χ3v) is 7.44. The standard InChI is InChI=1S/C30H38N6O4.CH4/c1-20(2)8-7-12-31-27(37)18-35(19-28(38)34(4)36-16-23-9-5-6-10-24(23)17-36)26-15-25(30-32-21(3)40-33-30)14-22-11-13-39-29(22)26;/h5-6,9-10,14-15,20H,7-8,11-13,16-19H2,1-4H3,(H,31,37);1H4. The number of anilines is 1. The minimum Gasteiger partial charge on any atom is -0.491 e. The number of ether oxygens (including phenoxy) is 1.